The molecule has 0 fully saturated rings. The predicted molar refractivity (Wildman–Crippen MR) is 103 cm³/mol. The van der Waals surface area contributed by atoms with Crippen LogP contribution >= 0.6 is 11.8 Å². The van der Waals surface area contributed by atoms with E-state index in [0.717, 1.165) is 29.6 Å². The zero-order valence-corrected chi connectivity index (χ0v) is 15.3. The van der Waals surface area contributed by atoms with Crippen LogP contribution in [0.25, 0.3) is 0 Å². The van der Waals surface area contributed by atoms with Crippen molar-refractivity contribution in [2.75, 3.05) is 23.7 Å². The minimum atomic E-state index is -1.19. The van der Waals surface area contributed by atoms with Crippen LogP contribution in [0.3, 0.4) is 0 Å². The molecule has 4 rings (SSSR count). The lowest BCUT2D eigenvalue weighted by molar-refractivity contribution is -0.656. The number of nitro groups is 1. The molecule has 0 bridgehead atoms. The van der Waals surface area contributed by atoms with Gasteiger partial charge in [0.15, 0.2) is 6.54 Å². The van der Waals surface area contributed by atoms with E-state index in [4.69, 9.17) is 0 Å². The standard InChI is InChI=1S/C19H20N3O3S/c1-14-3-7-16(8-4-14)20-13-19(23,21-11-2-12-26-18(20)21)15-5-9-17(10-6-15)22(24)25/h3-10,23H,2,11-13H2,1H3/q+1/t19-/m0/s1. The smallest absolute Gasteiger partial charge is 0.316 e. The highest BCUT2D eigenvalue weighted by atomic mass is 32.2. The van der Waals surface area contributed by atoms with Crippen molar-refractivity contribution in [1.82, 2.24) is 0 Å². The van der Waals surface area contributed by atoms with E-state index >= 15 is 0 Å². The number of aliphatic hydroxyl groups is 1. The van der Waals surface area contributed by atoms with Crippen LogP contribution in [0, 0.1) is 17.0 Å². The molecule has 2 aliphatic heterocycles. The van der Waals surface area contributed by atoms with Gasteiger partial charge in [-0.05, 0) is 49.4 Å². The summed E-state index contributed by atoms with van der Waals surface area (Å²) in [6.45, 7) is 3.21. The molecule has 6 nitrogen and oxygen atoms in total. The van der Waals surface area contributed by atoms with Gasteiger partial charge in [0.2, 0.25) is 0 Å². The summed E-state index contributed by atoms with van der Waals surface area (Å²) in [5, 5.41) is 23.5. The summed E-state index contributed by atoms with van der Waals surface area (Å²) >= 11 is 1.75. The molecular formula is C19H20N3O3S+. The Morgan fingerprint density at radius 3 is 2.54 bits per heavy atom. The molecule has 2 heterocycles. The lowest BCUT2D eigenvalue weighted by Crippen LogP contribution is -2.41. The second-order valence-electron chi connectivity index (χ2n) is 6.68. The number of non-ortho nitro benzene ring substituents is 1. The van der Waals surface area contributed by atoms with E-state index in [1.807, 2.05) is 4.58 Å². The van der Waals surface area contributed by atoms with Crippen LogP contribution in [-0.2, 0) is 5.72 Å². The predicted octanol–water partition coefficient (Wildman–Crippen LogP) is 3.07. The Labute approximate surface area is 155 Å². The largest absolute Gasteiger partial charge is 0.346 e. The SMILES string of the molecule is Cc1ccc(N2C[C@](O)(c3ccc([N+](=O)[O-])cc3)[N+]3=C2SCCC3)cc1. The molecule has 0 spiro atoms. The number of amidine groups is 1. The summed E-state index contributed by atoms with van der Waals surface area (Å²) in [6.07, 6.45) is 0.991. The minimum Gasteiger partial charge on any atom is -0.346 e. The van der Waals surface area contributed by atoms with Gasteiger partial charge < -0.3 is 5.11 Å². The fourth-order valence-corrected chi connectivity index (χ4v) is 4.70. The zero-order chi connectivity index (χ0) is 18.3. The summed E-state index contributed by atoms with van der Waals surface area (Å²) in [4.78, 5) is 12.6. The van der Waals surface area contributed by atoms with Crippen molar-refractivity contribution in [3.05, 3.63) is 69.8 Å². The molecule has 2 aliphatic rings. The average Bonchev–Trinajstić information content (AvgIpc) is 2.97. The fraction of sp³-hybridized carbons (Fsp3) is 0.316. The highest BCUT2D eigenvalue weighted by Crippen LogP contribution is 2.38. The lowest BCUT2D eigenvalue weighted by atomic mass is 10.0. The number of β-amino-alcohol motifs (C(OH)–C–C–N with tert-alkyl or cyclic N) is 1. The molecule has 1 atom stereocenters. The molecule has 26 heavy (non-hydrogen) atoms. The third kappa shape index (κ3) is 2.77. The van der Waals surface area contributed by atoms with Crippen molar-refractivity contribution in [3.63, 3.8) is 0 Å². The Balaban J connectivity index is 1.75. The van der Waals surface area contributed by atoms with Gasteiger partial charge in [0.25, 0.3) is 11.4 Å². The molecule has 2 aromatic carbocycles. The quantitative estimate of drug-likeness (QED) is 0.511. The first-order chi connectivity index (χ1) is 12.5. The number of hydrogen-bond donors (Lipinski definition) is 1. The molecule has 2 aromatic rings. The Kier molecular flexibility index (Phi) is 4.20. The van der Waals surface area contributed by atoms with Crippen LogP contribution in [0.5, 0.6) is 0 Å². The number of anilines is 1. The first-order valence-electron chi connectivity index (χ1n) is 8.58. The van der Waals surface area contributed by atoms with Gasteiger partial charge in [-0.25, -0.2) is 9.48 Å². The van der Waals surface area contributed by atoms with E-state index in [9.17, 15) is 15.2 Å². The van der Waals surface area contributed by atoms with E-state index in [0.29, 0.717) is 12.1 Å². The second-order valence-corrected chi connectivity index (χ2v) is 7.74. The molecule has 0 aliphatic carbocycles. The number of nitrogens with zero attached hydrogens (tertiary/aromatic N) is 3. The Hall–Kier alpha value is -2.38. The van der Waals surface area contributed by atoms with Crippen LogP contribution in [0.4, 0.5) is 11.4 Å². The highest BCUT2D eigenvalue weighted by Gasteiger charge is 2.53. The molecule has 0 saturated heterocycles. The van der Waals surface area contributed by atoms with Gasteiger partial charge in [-0.3, -0.25) is 10.1 Å². The summed E-state index contributed by atoms with van der Waals surface area (Å²) in [5.74, 6) is 1.02. The van der Waals surface area contributed by atoms with Crippen LogP contribution in [0.1, 0.15) is 17.5 Å². The maximum absolute atomic E-state index is 11.6. The lowest BCUT2D eigenvalue weighted by Gasteiger charge is -2.24. The van der Waals surface area contributed by atoms with Gasteiger partial charge in [-0.2, -0.15) is 0 Å². The molecule has 1 N–H and O–H groups in total. The van der Waals surface area contributed by atoms with E-state index in [1.165, 1.54) is 17.7 Å². The zero-order valence-electron chi connectivity index (χ0n) is 14.5. The molecule has 0 unspecified atom stereocenters. The molecule has 0 aromatic heterocycles. The summed E-state index contributed by atoms with van der Waals surface area (Å²) < 4.78 is 2.03. The normalized spacial score (nSPS) is 22.5. The number of rotatable bonds is 3. The highest BCUT2D eigenvalue weighted by molar-refractivity contribution is 8.13. The molecule has 0 amide bonds. The number of thioether (sulfide) groups is 1. The maximum Gasteiger partial charge on any atom is 0.316 e. The molecule has 7 heteroatoms. The van der Waals surface area contributed by atoms with Crippen LogP contribution < -0.4 is 4.90 Å². The van der Waals surface area contributed by atoms with Crippen molar-refractivity contribution in [2.24, 2.45) is 0 Å². The Bertz CT molecular complexity index is 880. The van der Waals surface area contributed by atoms with Gasteiger partial charge in [0.1, 0.15) is 5.69 Å². The van der Waals surface area contributed by atoms with Crippen molar-refractivity contribution >= 4 is 28.3 Å². The topological polar surface area (TPSA) is 69.6 Å². The van der Waals surface area contributed by atoms with Crippen LogP contribution in [0.15, 0.2) is 48.5 Å². The van der Waals surface area contributed by atoms with Crippen molar-refractivity contribution in [3.8, 4) is 0 Å². The Morgan fingerprint density at radius 2 is 1.88 bits per heavy atom. The number of benzene rings is 2. The van der Waals surface area contributed by atoms with Crippen molar-refractivity contribution < 1.29 is 14.6 Å². The summed E-state index contributed by atoms with van der Waals surface area (Å²) in [6, 6.07) is 14.5. The molecular weight excluding hydrogens is 350 g/mol. The maximum atomic E-state index is 11.6. The first-order valence-corrected chi connectivity index (χ1v) is 9.56. The van der Waals surface area contributed by atoms with Crippen LogP contribution in [-0.4, -0.2) is 38.6 Å². The fourth-order valence-electron chi connectivity index (χ4n) is 3.52. The van der Waals surface area contributed by atoms with Gasteiger partial charge in [-0.15, -0.1) is 0 Å². The van der Waals surface area contributed by atoms with Crippen molar-refractivity contribution in [1.29, 1.82) is 0 Å². The molecule has 134 valence electrons. The molecule has 0 radical (unpaired) electrons. The van der Waals surface area contributed by atoms with Gasteiger partial charge in [0.05, 0.1) is 11.5 Å². The van der Waals surface area contributed by atoms with Gasteiger partial charge >= 0.3 is 5.17 Å². The van der Waals surface area contributed by atoms with E-state index in [-0.39, 0.29) is 5.69 Å². The summed E-state index contributed by atoms with van der Waals surface area (Å²) in [7, 11) is 0. The molecule has 0 saturated carbocycles. The van der Waals surface area contributed by atoms with Crippen molar-refractivity contribution in [2.45, 2.75) is 19.1 Å². The van der Waals surface area contributed by atoms with Crippen LogP contribution in [0.2, 0.25) is 0 Å². The van der Waals surface area contributed by atoms with E-state index in [1.54, 1.807) is 23.9 Å². The third-order valence-corrected chi connectivity index (χ3v) is 6.12. The second kappa shape index (κ2) is 6.41. The third-order valence-electron chi connectivity index (χ3n) is 4.93. The number of nitro benzene ring substituents is 1. The van der Waals surface area contributed by atoms with Gasteiger partial charge in [-0.1, -0.05) is 17.7 Å². The number of aryl methyl sites for hydroxylation is 1. The Morgan fingerprint density at radius 1 is 1.19 bits per heavy atom. The minimum absolute atomic E-state index is 0.0305. The average molecular weight is 370 g/mol. The first kappa shape index (κ1) is 17.1. The van der Waals surface area contributed by atoms with E-state index < -0.39 is 10.6 Å². The number of hydrogen-bond acceptors (Lipinski definition) is 5. The van der Waals surface area contributed by atoms with E-state index in [2.05, 4.69) is 36.1 Å². The summed E-state index contributed by atoms with van der Waals surface area (Å²) in [5.41, 5.74) is 1.75. The monoisotopic (exact) mass is 370 g/mol. The van der Waals surface area contributed by atoms with Gasteiger partial charge in [0, 0.05) is 23.4 Å².